The Labute approximate surface area is 261 Å². The molecule has 6 heterocycles. The first kappa shape index (κ1) is 23.3. The first-order chi connectivity index (χ1) is 21.9. The van der Waals surface area contributed by atoms with Gasteiger partial charge in [0, 0.05) is 49.4 Å². The molecule has 0 bridgehead atoms. The van der Waals surface area contributed by atoms with E-state index in [1.807, 2.05) is 0 Å². The van der Waals surface area contributed by atoms with Crippen molar-refractivity contribution in [3.05, 3.63) is 148 Å². The van der Waals surface area contributed by atoms with E-state index in [2.05, 4.69) is 151 Å². The van der Waals surface area contributed by atoms with E-state index in [0.717, 1.165) is 0 Å². The summed E-state index contributed by atoms with van der Waals surface area (Å²) in [7, 11) is 0. The highest BCUT2D eigenvalue weighted by atomic mass is 15.3. The third-order valence-electron chi connectivity index (χ3n) is 12.3. The Balaban J connectivity index is 1.43. The molecule has 0 N–H and O–H groups in total. The number of benzene rings is 5. The molecule has 5 aromatic carbocycles. The summed E-state index contributed by atoms with van der Waals surface area (Å²) in [6.45, 7) is 9.73. The molecule has 1 unspecified atom stereocenters. The van der Waals surface area contributed by atoms with Crippen LogP contribution in [0.2, 0.25) is 0 Å². The predicted octanol–water partition coefficient (Wildman–Crippen LogP) is 9.27. The smallest absolute Gasteiger partial charge is 0.292 e. The number of pyridine rings is 1. The zero-order chi connectivity index (χ0) is 29.8. The third kappa shape index (κ3) is 2.09. The summed E-state index contributed by atoms with van der Waals surface area (Å²) >= 11 is 0. The van der Waals surface area contributed by atoms with Gasteiger partial charge < -0.3 is 4.57 Å². The summed E-state index contributed by atoms with van der Waals surface area (Å²) in [5, 5.41) is 2.65. The van der Waals surface area contributed by atoms with Crippen molar-refractivity contribution in [2.75, 3.05) is 4.90 Å². The molecule has 7 aromatic rings. The Morgan fingerprint density at radius 2 is 1.24 bits per heavy atom. The van der Waals surface area contributed by atoms with Crippen LogP contribution in [0.15, 0.2) is 109 Å². The summed E-state index contributed by atoms with van der Waals surface area (Å²) in [5.74, 6) is 1.31. The lowest BCUT2D eigenvalue weighted by Gasteiger charge is -2.51. The van der Waals surface area contributed by atoms with Crippen LogP contribution in [-0.2, 0) is 16.4 Å². The van der Waals surface area contributed by atoms with Gasteiger partial charge in [-0.05, 0) is 35.4 Å². The second-order valence-electron chi connectivity index (χ2n) is 14.8. The molecule has 1 spiro atoms. The van der Waals surface area contributed by atoms with Crippen molar-refractivity contribution in [2.24, 2.45) is 0 Å². The Morgan fingerprint density at radius 1 is 0.533 bits per heavy atom. The highest BCUT2D eigenvalue weighted by Crippen LogP contribution is 2.68. The lowest BCUT2D eigenvalue weighted by Crippen LogP contribution is -2.65. The zero-order valence-electron chi connectivity index (χ0n) is 25.7. The maximum Gasteiger partial charge on any atom is 0.292 e. The lowest BCUT2D eigenvalue weighted by molar-refractivity contribution is -0.723. The van der Waals surface area contributed by atoms with Crippen LogP contribution in [0.4, 0.5) is 17.2 Å². The summed E-state index contributed by atoms with van der Waals surface area (Å²) < 4.78 is 5.28. The minimum Gasteiger partial charge on any atom is -0.308 e. The molecule has 0 fully saturated rings. The molecule has 0 saturated carbocycles. The van der Waals surface area contributed by atoms with Gasteiger partial charge in [0.15, 0.2) is 5.54 Å². The van der Waals surface area contributed by atoms with Crippen LogP contribution >= 0.6 is 0 Å². The first-order valence-electron chi connectivity index (χ1n) is 16.2. The molecule has 2 aromatic heterocycles. The van der Waals surface area contributed by atoms with Gasteiger partial charge in [-0.1, -0.05) is 107 Å². The summed E-state index contributed by atoms with van der Waals surface area (Å²) in [6, 6.07) is 39.6. The average Bonchev–Trinajstić information content (AvgIpc) is 3.55. The topological polar surface area (TPSA) is 12.1 Å². The SMILES string of the molecule is CC1(C)c2cccc3c2N2c4c1ccc1c4C4(c5ccccc5-c5ccc6c7ccccc7n-1c6c54)[n+]1cccc(c12)C3(C)C. The zero-order valence-corrected chi connectivity index (χ0v) is 25.7. The average molecular weight is 577 g/mol. The maximum absolute atomic E-state index is 2.68. The molecular weight excluding hydrogens is 546 g/mol. The summed E-state index contributed by atoms with van der Waals surface area (Å²) in [4.78, 5) is 2.67. The van der Waals surface area contributed by atoms with Crippen LogP contribution in [-0.4, -0.2) is 4.57 Å². The van der Waals surface area contributed by atoms with Crippen molar-refractivity contribution >= 4 is 39.0 Å². The third-order valence-corrected chi connectivity index (χ3v) is 12.3. The largest absolute Gasteiger partial charge is 0.308 e. The fraction of sp³-hybridized carbons (Fsp3) is 0.167. The van der Waals surface area contributed by atoms with Gasteiger partial charge in [-0.3, -0.25) is 0 Å². The number of hydrogen-bond acceptors (Lipinski definition) is 1. The predicted molar refractivity (Wildman–Crippen MR) is 181 cm³/mol. The van der Waals surface area contributed by atoms with Crippen LogP contribution in [0.25, 0.3) is 38.6 Å². The van der Waals surface area contributed by atoms with Gasteiger partial charge in [-0.2, -0.15) is 4.90 Å². The van der Waals surface area contributed by atoms with Crippen LogP contribution < -0.4 is 9.47 Å². The normalized spacial score (nSPS) is 20.4. The van der Waals surface area contributed by atoms with Crippen molar-refractivity contribution in [3.8, 4) is 16.8 Å². The fourth-order valence-electron chi connectivity index (χ4n) is 10.5. The molecule has 45 heavy (non-hydrogen) atoms. The van der Waals surface area contributed by atoms with Gasteiger partial charge >= 0.3 is 0 Å². The first-order valence-corrected chi connectivity index (χ1v) is 16.2. The minimum atomic E-state index is -0.492. The van der Waals surface area contributed by atoms with Crippen LogP contribution in [0.5, 0.6) is 0 Å². The number of para-hydroxylation sites is 2. The van der Waals surface area contributed by atoms with Gasteiger partial charge in [0.1, 0.15) is 11.4 Å². The number of rotatable bonds is 0. The second kappa shape index (κ2) is 6.74. The molecule has 0 amide bonds. The molecule has 3 nitrogen and oxygen atoms in total. The Kier molecular flexibility index (Phi) is 3.49. The Bertz CT molecular complexity index is 2600. The number of anilines is 3. The monoisotopic (exact) mass is 576 g/mol. The molecule has 12 rings (SSSR count). The van der Waals surface area contributed by atoms with Crippen LogP contribution in [0.1, 0.15) is 66.6 Å². The van der Waals surface area contributed by atoms with Crippen molar-refractivity contribution in [3.63, 3.8) is 0 Å². The van der Waals surface area contributed by atoms with Gasteiger partial charge in [0.2, 0.25) is 0 Å². The van der Waals surface area contributed by atoms with Crippen molar-refractivity contribution < 1.29 is 4.57 Å². The van der Waals surface area contributed by atoms with Gasteiger partial charge in [0.25, 0.3) is 5.82 Å². The standard InChI is InChI=1S/C42H30N3/c1-40(2)28-14-9-15-29-37(28)45-38-30(40)20-21-33-35(38)42(43-22-10-16-31(39(43)45)41(29,3)4)27-13-7-5-11-23(27)25-18-19-26-24-12-6-8-17-32(24)44(33)36(26)34(25)42/h5-22H,1-4H3/q+1. The lowest BCUT2D eigenvalue weighted by atomic mass is 9.63. The van der Waals surface area contributed by atoms with E-state index in [4.69, 9.17) is 0 Å². The van der Waals surface area contributed by atoms with E-state index in [9.17, 15) is 0 Å². The maximum atomic E-state index is 2.68. The van der Waals surface area contributed by atoms with Crippen molar-refractivity contribution in [2.45, 2.75) is 44.1 Å². The quantitative estimate of drug-likeness (QED) is 0.164. The number of aromatic nitrogens is 2. The van der Waals surface area contributed by atoms with E-state index < -0.39 is 5.54 Å². The van der Waals surface area contributed by atoms with Gasteiger partial charge in [-0.15, -0.1) is 0 Å². The highest BCUT2D eigenvalue weighted by Gasteiger charge is 2.65. The van der Waals surface area contributed by atoms with Crippen LogP contribution in [0, 0.1) is 0 Å². The van der Waals surface area contributed by atoms with E-state index in [0.29, 0.717) is 0 Å². The van der Waals surface area contributed by atoms with Gasteiger partial charge in [-0.25, -0.2) is 4.57 Å². The molecule has 0 saturated heterocycles. The summed E-state index contributed by atoms with van der Waals surface area (Å²) in [5.41, 5.74) is 18.4. The Morgan fingerprint density at radius 3 is 2.11 bits per heavy atom. The molecule has 1 atom stereocenters. The Hall–Kier alpha value is -5.15. The van der Waals surface area contributed by atoms with E-state index in [-0.39, 0.29) is 10.8 Å². The molecule has 212 valence electrons. The van der Waals surface area contributed by atoms with E-state index in [1.165, 1.54) is 94.8 Å². The summed E-state index contributed by atoms with van der Waals surface area (Å²) in [6.07, 6.45) is 2.38. The van der Waals surface area contributed by atoms with E-state index in [1.54, 1.807) is 0 Å². The molecule has 0 radical (unpaired) electrons. The number of fused-ring (bicyclic) bond motifs is 6. The molecule has 5 aliphatic rings. The molecular formula is C42H30N3+. The van der Waals surface area contributed by atoms with E-state index >= 15 is 0 Å². The van der Waals surface area contributed by atoms with Crippen molar-refractivity contribution in [1.82, 2.24) is 4.57 Å². The number of hydrogen-bond donors (Lipinski definition) is 0. The highest BCUT2D eigenvalue weighted by molar-refractivity contribution is 6.15. The van der Waals surface area contributed by atoms with Crippen molar-refractivity contribution in [1.29, 1.82) is 0 Å². The fourth-order valence-corrected chi connectivity index (χ4v) is 10.5. The molecule has 1 aliphatic carbocycles. The van der Waals surface area contributed by atoms with Gasteiger partial charge in [0.05, 0.1) is 34.0 Å². The molecule has 3 heteroatoms. The minimum absolute atomic E-state index is 0.157. The van der Waals surface area contributed by atoms with Crippen LogP contribution in [0.3, 0.4) is 0 Å². The second-order valence-corrected chi connectivity index (χ2v) is 14.8. The molecule has 4 aliphatic heterocycles. The number of nitrogens with zero attached hydrogens (tertiary/aromatic N) is 3.